The lowest BCUT2D eigenvalue weighted by Crippen LogP contribution is -2.22. The summed E-state index contributed by atoms with van der Waals surface area (Å²) in [6.07, 6.45) is 3.09. The van der Waals surface area contributed by atoms with Crippen LogP contribution in [0, 0.1) is 0 Å². The molecule has 1 amide bonds. The molecule has 0 aromatic heterocycles. The van der Waals surface area contributed by atoms with E-state index >= 15 is 0 Å². The molecule has 0 aliphatic heterocycles. The molecule has 0 aliphatic rings. The van der Waals surface area contributed by atoms with E-state index < -0.39 is 0 Å². The Labute approximate surface area is 131 Å². The Bertz CT molecular complexity index is 499. The molecular formula is C17H23NO4. The zero-order valence-corrected chi connectivity index (χ0v) is 13.0. The van der Waals surface area contributed by atoms with E-state index in [1.807, 2.05) is 24.3 Å². The van der Waals surface area contributed by atoms with Crippen LogP contribution in [-0.2, 0) is 20.7 Å². The first-order chi connectivity index (χ1) is 10.7. The number of unbranched alkanes of at least 4 members (excludes halogenated alkanes) is 1. The van der Waals surface area contributed by atoms with E-state index in [0.29, 0.717) is 25.5 Å². The molecule has 120 valence electrons. The topological polar surface area (TPSA) is 64.6 Å². The number of hydrogen-bond donors (Lipinski definition) is 1. The highest BCUT2D eigenvalue weighted by Gasteiger charge is 2.09. The van der Waals surface area contributed by atoms with Crippen LogP contribution in [0.5, 0.6) is 5.75 Å². The zero-order chi connectivity index (χ0) is 16.2. The summed E-state index contributed by atoms with van der Waals surface area (Å²) in [5.41, 5.74) is 0.820. The van der Waals surface area contributed by atoms with Gasteiger partial charge in [0.2, 0.25) is 5.91 Å². The van der Waals surface area contributed by atoms with Crippen LogP contribution in [-0.4, -0.2) is 31.6 Å². The van der Waals surface area contributed by atoms with Gasteiger partial charge in [0, 0.05) is 12.1 Å². The molecule has 0 bridgehead atoms. The SMILES string of the molecule is C=CC(=O)NCCCCOc1ccccc1CC(=O)OCC. The molecular weight excluding hydrogens is 282 g/mol. The molecule has 0 spiro atoms. The van der Waals surface area contributed by atoms with Gasteiger partial charge in [-0.1, -0.05) is 24.8 Å². The number of esters is 1. The van der Waals surface area contributed by atoms with Crippen LogP contribution in [0.15, 0.2) is 36.9 Å². The quantitative estimate of drug-likeness (QED) is 0.409. The molecule has 5 nitrogen and oxygen atoms in total. The summed E-state index contributed by atoms with van der Waals surface area (Å²) in [7, 11) is 0. The molecule has 1 N–H and O–H groups in total. The summed E-state index contributed by atoms with van der Waals surface area (Å²) in [6.45, 7) is 6.67. The van der Waals surface area contributed by atoms with Crippen LogP contribution in [0.1, 0.15) is 25.3 Å². The van der Waals surface area contributed by atoms with E-state index in [9.17, 15) is 9.59 Å². The molecule has 0 saturated heterocycles. The Hall–Kier alpha value is -2.30. The second-order valence-corrected chi connectivity index (χ2v) is 4.64. The number of carbonyl (C=O) groups is 2. The molecule has 0 aliphatic carbocycles. The number of amides is 1. The van der Waals surface area contributed by atoms with Crippen LogP contribution in [0.2, 0.25) is 0 Å². The molecule has 1 aromatic rings. The van der Waals surface area contributed by atoms with Crippen molar-refractivity contribution in [1.29, 1.82) is 0 Å². The minimum Gasteiger partial charge on any atom is -0.493 e. The van der Waals surface area contributed by atoms with E-state index in [-0.39, 0.29) is 18.3 Å². The highest BCUT2D eigenvalue weighted by atomic mass is 16.5. The third-order valence-electron chi connectivity index (χ3n) is 2.93. The molecule has 0 heterocycles. The average molecular weight is 305 g/mol. The standard InChI is InChI=1S/C17H23NO4/c1-3-16(19)18-11-7-8-12-22-15-10-6-5-9-14(15)13-17(20)21-4-2/h3,5-6,9-10H,1,4,7-8,11-13H2,2H3,(H,18,19). The predicted molar refractivity (Wildman–Crippen MR) is 84.7 cm³/mol. The van der Waals surface area contributed by atoms with E-state index in [4.69, 9.17) is 9.47 Å². The maximum atomic E-state index is 11.5. The van der Waals surface area contributed by atoms with E-state index in [1.165, 1.54) is 6.08 Å². The fourth-order valence-electron chi connectivity index (χ4n) is 1.85. The number of hydrogen-bond acceptors (Lipinski definition) is 4. The third-order valence-corrected chi connectivity index (χ3v) is 2.93. The Morgan fingerprint density at radius 3 is 2.77 bits per heavy atom. The molecule has 5 heteroatoms. The fourth-order valence-corrected chi connectivity index (χ4v) is 1.85. The third kappa shape index (κ3) is 6.92. The van der Waals surface area contributed by atoms with Crippen molar-refractivity contribution >= 4 is 11.9 Å². The maximum Gasteiger partial charge on any atom is 0.310 e. The van der Waals surface area contributed by atoms with Gasteiger partial charge in [0.1, 0.15) is 5.75 Å². The lowest BCUT2D eigenvalue weighted by Gasteiger charge is -2.11. The zero-order valence-electron chi connectivity index (χ0n) is 13.0. The van der Waals surface area contributed by atoms with Crippen molar-refractivity contribution in [2.45, 2.75) is 26.2 Å². The van der Waals surface area contributed by atoms with Crippen LogP contribution >= 0.6 is 0 Å². The number of carbonyl (C=O) groups excluding carboxylic acids is 2. The van der Waals surface area contributed by atoms with Gasteiger partial charge in [-0.2, -0.15) is 0 Å². The molecule has 1 aromatic carbocycles. The molecule has 0 radical (unpaired) electrons. The van der Waals surface area contributed by atoms with Gasteiger partial charge in [-0.05, 0) is 31.9 Å². The van der Waals surface area contributed by atoms with Gasteiger partial charge in [-0.25, -0.2) is 0 Å². The molecule has 0 fully saturated rings. The van der Waals surface area contributed by atoms with Crippen molar-refractivity contribution in [3.8, 4) is 5.75 Å². The van der Waals surface area contributed by atoms with Gasteiger partial charge in [-0.15, -0.1) is 0 Å². The molecule has 0 unspecified atom stereocenters. The van der Waals surface area contributed by atoms with Crippen LogP contribution in [0.3, 0.4) is 0 Å². The Kier molecular flexibility index (Phi) is 8.42. The molecule has 0 atom stereocenters. The monoisotopic (exact) mass is 305 g/mol. The first kappa shape index (κ1) is 17.8. The van der Waals surface area contributed by atoms with Crippen molar-refractivity contribution in [2.24, 2.45) is 0 Å². The summed E-state index contributed by atoms with van der Waals surface area (Å²) in [4.78, 5) is 22.5. The summed E-state index contributed by atoms with van der Waals surface area (Å²) >= 11 is 0. The lowest BCUT2D eigenvalue weighted by molar-refractivity contribution is -0.142. The number of rotatable bonds is 10. The first-order valence-corrected chi connectivity index (χ1v) is 7.44. The lowest BCUT2D eigenvalue weighted by atomic mass is 10.1. The highest BCUT2D eigenvalue weighted by molar-refractivity contribution is 5.86. The fraction of sp³-hybridized carbons (Fsp3) is 0.412. The van der Waals surface area contributed by atoms with Crippen LogP contribution in [0.25, 0.3) is 0 Å². The average Bonchev–Trinajstić information content (AvgIpc) is 2.52. The second-order valence-electron chi connectivity index (χ2n) is 4.64. The first-order valence-electron chi connectivity index (χ1n) is 7.44. The van der Waals surface area contributed by atoms with Crippen molar-refractivity contribution in [3.63, 3.8) is 0 Å². The van der Waals surface area contributed by atoms with Crippen molar-refractivity contribution in [3.05, 3.63) is 42.5 Å². The van der Waals surface area contributed by atoms with Crippen molar-refractivity contribution < 1.29 is 19.1 Å². The summed E-state index contributed by atoms with van der Waals surface area (Å²) < 4.78 is 10.7. The number of para-hydroxylation sites is 1. The Morgan fingerprint density at radius 1 is 1.27 bits per heavy atom. The Morgan fingerprint density at radius 2 is 2.05 bits per heavy atom. The van der Waals surface area contributed by atoms with Gasteiger partial charge in [-0.3, -0.25) is 9.59 Å². The largest absolute Gasteiger partial charge is 0.493 e. The van der Waals surface area contributed by atoms with Gasteiger partial charge < -0.3 is 14.8 Å². The predicted octanol–water partition coefficient (Wildman–Crippen LogP) is 2.25. The van der Waals surface area contributed by atoms with Gasteiger partial charge in [0.05, 0.1) is 19.6 Å². The van der Waals surface area contributed by atoms with Gasteiger partial charge in [0.25, 0.3) is 0 Å². The Balaban J connectivity index is 2.34. The minimum atomic E-state index is -0.259. The van der Waals surface area contributed by atoms with Crippen LogP contribution < -0.4 is 10.1 Å². The highest BCUT2D eigenvalue weighted by Crippen LogP contribution is 2.19. The van der Waals surface area contributed by atoms with E-state index in [2.05, 4.69) is 11.9 Å². The number of ether oxygens (including phenoxy) is 2. The normalized spacial score (nSPS) is 9.86. The smallest absolute Gasteiger partial charge is 0.310 e. The summed E-state index contributed by atoms with van der Waals surface area (Å²) in [5.74, 6) is 0.275. The van der Waals surface area contributed by atoms with Crippen LogP contribution in [0.4, 0.5) is 0 Å². The van der Waals surface area contributed by atoms with Gasteiger partial charge >= 0.3 is 5.97 Å². The number of nitrogens with one attached hydrogen (secondary N) is 1. The van der Waals surface area contributed by atoms with E-state index in [1.54, 1.807) is 6.92 Å². The maximum absolute atomic E-state index is 11.5. The molecule has 22 heavy (non-hydrogen) atoms. The van der Waals surface area contributed by atoms with Crippen molar-refractivity contribution in [2.75, 3.05) is 19.8 Å². The van der Waals surface area contributed by atoms with Gasteiger partial charge in [0.15, 0.2) is 0 Å². The second kappa shape index (κ2) is 10.4. The minimum absolute atomic E-state index is 0.166. The van der Waals surface area contributed by atoms with E-state index in [0.717, 1.165) is 18.4 Å². The summed E-state index contributed by atoms with van der Waals surface area (Å²) in [6, 6.07) is 7.44. The summed E-state index contributed by atoms with van der Waals surface area (Å²) in [5, 5.41) is 2.71. The molecule has 1 rings (SSSR count). The van der Waals surface area contributed by atoms with Crippen molar-refractivity contribution in [1.82, 2.24) is 5.32 Å². The number of benzene rings is 1. The molecule has 0 saturated carbocycles.